The van der Waals surface area contributed by atoms with Gasteiger partial charge >= 0.3 is 17.1 Å². The number of para-hydroxylation sites is 6. The Morgan fingerprint density at radius 1 is 0.375 bits per heavy atom. The summed E-state index contributed by atoms with van der Waals surface area (Å²) >= 11 is 0. The van der Waals surface area contributed by atoms with E-state index in [4.69, 9.17) is 15.0 Å². The number of fused-ring (bicyclic) bond motifs is 2. The van der Waals surface area contributed by atoms with Gasteiger partial charge < -0.3 is 37.2 Å². The van der Waals surface area contributed by atoms with E-state index in [1.54, 1.807) is 0 Å². The molecule has 0 aliphatic rings. The maximum atomic E-state index is 5.11. The smallest absolute Gasteiger partial charge is 1.00 e. The van der Waals surface area contributed by atoms with Crippen LogP contribution in [-0.2, 0) is 17.1 Å². The third kappa shape index (κ3) is 5.37. The number of hydrogen-bond acceptors (Lipinski definition) is 3. The van der Waals surface area contributed by atoms with Crippen molar-refractivity contribution in [1.29, 1.82) is 0 Å². The predicted molar refractivity (Wildman–Crippen MR) is 144 cm³/mol. The largest absolute Gasteiger partial charge is 3.00 e. The third-order valence-electron chi connectivity index (χ3n) is 6.36. The zero-order valence-electron chi connectivity index (χ0n) is 20.8. The molecule has 0 N–H and O–H groups in total. The quantitative estimate of drug-likeness (QED) is 0.215. The second kappa shape index (κ2) is 13.1. The molecule has 3 heterocycles. The van der Waals surface area contributed by atoms with E-state index in [0.717, 1.165) is 56.5 Å². The average Bonchev–Trinajstić information content (AvgIpc) is 3.53. The fraction of sp³-hybridized carbons (Fsp3) is 0. The molecule has 0 unspecified atom stereocenters. The van der Waals surface area contributed by atoms with Gasteiger partial charge in [0, 0.05) is 11.4 Å². The minimum absolute atomic E-state index is 0. The maximum Gasteiger partial charge on any atom is 3.00 e. The van der Waals surface area contributed by atoms with Crippen molar-refractivity contribution in [1.82, 2.24) is 24.1 Å². The number of benzene rings is 4. The molecule has 3 aromatic heterocycles. The van der Waals surface area contributed by atoms with Crippen LogP contribution in [0.3, 0.4) is 0 Å². The summed E-state index contributed by atoms with van der Waals surface area (Å²) in [6.45, 7) is 0. The molecule has 0 saturated heterocycles. The molecule has 9 heteroatoms. The van der Waals surface area contributed by atoms with Crippen LogP contribution in [0.4, 0.5) is 0 Å². The van der Waals surface area contributed by atoms with E-state index in [1.165, 1.54) is 0 Å². The summed E-state index contributed by atoms with van der Waals surface area (Å²) < 4.78 is 4.34. The fourth-order valence-corrected chi connectivity index (χ4v) is 4.76. The summed E-state index contributed by atoms with van der Waals surface area (Å²) in [5.74, 6) is 1.60. The molecule has 7 aromatic rings. The molecular weight excluding hydrogens is 605 g/mol. The molecular formula is C31H21Cl3FeN5. The number of hydrogen-bond donors (Lipinski definition) is 0. The van der Waals surface area contributed by atoms with Crippen LogP contribution in [0.25, 0.3) is 56.5 Å². The van der Waals surface area contributed by atoms with Gasteiger partial charge in [0.25, 0.3) is 0 Å². The van der Waals surface area contributed by atoms with Crippen molar-refractivity contribution in [3.05, 3.63) is 127 Å². The first-order valence-electron chi connectivity index (χ1n) is 11.9. The van der Waals surface area contributed by atoms with E-state index in [2.05, 4.69) is 45.5 Å². The van der Waals surface area contributed by atoms with Gasteiger partial charge in [0.2, 0.25) is 0 Å². The second-order valence-corrected chi connectivity index (χ2v) is 8.60. The second-order valence-electron chi connectivity index (χ2n) is 8.60. The molecule has 40 heavy (non-hydrogen) atoms. The molecule has 0 spiro atoms. The maximum absolute atomic E-state index is 5.11. The van der Waals surface area contributed by atoms with Crippen LogP contribution in [0.5, 0.6) is 0 Å². The first kappa shape index (κ1) is 30.9. The Bertz CT molecular complexity index is 1720. The van der Waals surface area contributed by atoms with E-state index < -0.39 is 0 Å². The Morgan fingerprint density at radius 2 is 0.750 bits per heavy atom. The minimum Gasteiger partial charge on any atom is -1.00 e. The number of aromatic nitrogens is 5. The summed E-state index contributed by atoms with van der Waals surface area (Å²) in [5.41, 5.74) is 7.62. The van der Waals surface area contributed by atoms with E-state index >= 15 is 0 Å². The van der Waals surface area contributed by atoms with Crippen LogP contribution in [0, 0.1) is 0 Å². The summed E-state index contributed by atoms with van der Waals surface area (Å²) in [4.78, 5) is 15.1. The number of nitrogens with zero attached hydrogens (tertiary/aromatic N) is 5. The molecule has 5 nitrogen and oxygen atoms in total. The van der Waals surface area contributed by atoms with E-state index in [9.17, 15) is 0 Å². The van der Waals surface area contributed by atoms with Crippen molar-refractivity contribution in [2.45, 2.75) is 0 Å². The molecule has 0 fully saturated rings. The van der Waals surface area contributed by atoms with Crippen LogP contribution < -0.4 is 37.2 Å². The summed E-state index contributed by atoms with van der Waals surface area (Å²) in [6.07, 6.45) is 0. The van der Waals surface area contributed by atoms with Crippen LogP contribution in [0.1, 0.15) is 0 Å². The molecule has 0 aliphatic carbocycles. The molecule has 0 amide bonds. The van der Waals surface area contributed by atoms with Gasteiger partial charge in [-0.1, -0.05) is 66.7 Å². The van der Waals surface area contributed by atoms with Crippen LogP contribution >= 0.6 is 0 Å². The van der Waals surface area contributed by atoms with Gasteiger partial charge in [-0.25, -0.2) is 15.0 Å². The van der Waals surface area contributed by atoms with Crippen molar-refractivity contribution in [3.8, 4) is 34.4 Å². The summed E-state index contributed by atoms with van der Waals surface area (Å²) in [6, 6.07) is 43.0. The first-order valence-corrected chi connectivity index (χ1v) is 11.9. The van der Waals surface area contributed by atoms with Gasteiger partial charge in [-0.05, 0) is 60.7 Å². The van der Waals surface area contributed by atoms with Crippen LogP contribution in [0.15, 0.2) is 127 Å². The molecule has 0 aliphatic heterocycles. The molecule has 0 bridgehead atoms. The first-order chi connectivity index (χ1) is 17.9. The number of pyridine rings is 1. The monoisotopic (exact) mass is 624 g/mol. The molecule has 0 atom stereocenters. The van der Waals surface area contributed by atoms with Crippen LogP contribution in [0.2, 0.25) is 0 Å². The number of halogens is 3. The SMILES string of the molecule is [Cl-].[Cl-].[Cl-].[Fe+3].c1ccc(-n2c(-c3cccc(-c4nc5ccccc5n4-c4ccccc4)n3)nc3ccccc32)cc1. The molecule has 0 saturated carbocycles. The van der Waals surface area contributed by atoms with Gasteiger partial charge in [0.15, 0.2) is 11.6 Å². The van der Waals surface area contributed by atoms with Crippen molar-refractivity contribution in [2.75, 3.05) is 0 Å². The van der Waals surface area contributed by atoms with Crippen LogP contribution in [-0.4, -0.2) is 24.1 Å². The molecule has 4 aromatic carbocycles. The van der Waals surface area contributed by atoms with Gasteiger partial charge in [0.1, 0.15) is 11.4 Å². The molecule has 7 rings (SSSR count). The Labute approximate surface area is 261 Å². The summed E-state index contributed by atoms with van der Waals surface area (Å²) in [5, 5.41) is 0. The zero-order chi connectivity index (χ0) is 23.9. The van der Waals surface area contributed by atoms with E-state index in [1.807, 2.05) is 91.0 Å². The normalized spacial score (nSPS) is 10.2. The zero-order valence-corrected chi connectivity index (χ0v) is 24.2. The Morgan fingerprint density at radius 3 is 1.18 bits per heavy atom. The van der Waals surface area contributed by atoms with Crippen molar-refractivity contribution in [2.24, 2.45) is 0 Å². The standard InChI is InChI=1S/C31H21N5.3ClH.Fe/c1-3-12-22(13-4-1)35-28-20-9-7-16-24(28)33-30(35)26-18-11-19-27(32-26)31-34-25-17-8-10-21-29(25)36(31)23-14-5-2-6-15-23;;;;/h1-21H;3*1H;/q;;;;+3/p-3. The summed E-state index contributed by atoms with van der Waals surface area (Å²) in [7, 11) is 0. The van der Waals surface area contributed by atoms with Crippen molar-refractivity contribution < 1.29 is 54.3 Å². The van der Waals surface area contributed by atoms with Gasteiger partial charge in [0.05, 0.1) is 22.1 Å². The minimum atomic E-state index is 0. The number of imidazole rings is 2. The van der Waals surface area contributed by atoms with Gasteiger partial charge in [-0.15, -0.1) is 0 Å². The Hall–Kier alpha value is -3.64. The third-order valence-corrected chi connectivity index (χ3v) is 6.36. The fourth-order valence-electron chi connectivity index (χ4n) is 4.76. The number of rotatable bonds is 4. The topological polar surface area (TPSA) is 48.5 Å². The Kier molecular flexibility index (Phi) is 10.2. The van der Waals surface area contributed by atoms with Crippen molar-refractivity contribution >= 4 is 22.1 Å². The van der Waals surface area contributed by atoms with Crippen molar-refractivity contribution in [3.63, 3.8) is 0 Å². The van der Waals surface area contributed by atoms with Gasteiger partial charge in [-0.3, -0.25) is 9.13 Å². The predicted octanol–water partition coefficient (Wildman–Crippen LogP) is -1.90. The van der Waals surface area contributed by atoms with E-state index in [0.29, 0.717) is 0 Å². The average molecular weight is 626 g/mol. The van der Waals surface area contributed by atoms with Gasteiger partial charge in [-0.2, -0.15) is 0 Å². The Balaban J connectivity index is 0.00000110. The molecule has 1 radical (unpaired) electrons. The van der Waals surface area contributed by atoms with E-state index in [-0.39, 0.29) is 54.3 Å². The molecule has 199 valence electrons.